The van der Waals surface area contributed by atoms with E-state index in [0.29, 0.717) is 0 Å². The van der Waals surface area contributed by atoms with Crippen molar-refractivity contribution in [2.45, 2.75) is 104 Å². The standard InChI is InChI=1S/C19H38/c1-4-6-7-8-9-10-11-12-13-14-15-16-18-19(3)17-5-2/h14-15,19H,4-13,16-18H2,1-3H3. The third kappa shape index (κ3) is 15.7. The van der Waals surface area contributed by atoms with Crippen LogP contribution in [-0.2, 0) is 0 Å². The van der Waals surface area contributed by atoms with Crippen LogP contribution >= 0.6 is 0 Å². The van der Waals surface area contributed by atoms with Gasteiger partial charge in [-0.3, -0.25) is 0 Å². The molecule has 0 rings (SSSR count). The lowest BCUT2D eigenvalue weighted by Gasteiger charge is -2.06. The Balaban J connectivity index is 3.12. The number of unbranched alkanes of at least 4 members (excludes halogenated alkanes) is 8. The van der Waals surface area contributed by atoms with Crippen molar-refractivity contribution < 1.29 is 0 Å². The minimum atomic E-state index is 0.915. The fraction of sp³-hybridized carbons (Fsp3) is 0.895. The van der Waals surface area contributed by atoms with Gasteiger partial charge in [0.2, 0.25) is 0 Å². The van der Waals surface area contributed by atoms with Crippen molar-refractivity contribution in [1.29, 1.82) is 0 Å². The van der Waals surface area contributed by atoms with Gasteiger partial charge in [0.25, 0.3) is 0 Å². The monoisotopic (exact) mass is 266 g/mol. The summed E-state index contributed by atoms with van der Waals surface area (Å²) in [5.41, 5.74) is 0. The molecule has 0 saturated carbocycles. The van der Waals surface area contributed by atoms with Crippen LogP contribution in [0.5, 0.6) is 0 Å². The molecule has 0 fully saturated rings. The van der Waals surface area contributed by atoms with E-state index in [2.05, 4.69) is 32.9 Å². The van der Waals surface area contributed by atoms with Gasteiger partial charge in [0.1, 0.15) is 0 Å². The van der Waals surface area contributed by atoms with Crippen LogP contribution in [0.25, 0.3) is 0 Å². The Morgan fingerprint density at radius 3 is 1.84 bits per heavy atom. The molecule has 0 nitrogen and oxygen atoms in total. The Labute approximate surface area is 123 Å². The maximum Gasteiger partial charge on any atom is -0.0348 e. The highest BCUT2D eigenvalue weighted by molar-refractivity contribution is 4.81. The van der Waals surface area contributed by atoms with Crippen molar-refractivity contribution in [3.63, 3.8) is 0 Å². The summed E-state index contributed by atoms with van der Waals surface area (Å²) in [7, 11) is 0. The van der Waals surface area contributed by atoms with Crippen LogP contribution in [0.4, 0.5) is 0 Å². The molecule has 0 N–H and O–H groups in total. The zero-order chi connectivity index (χ0) is 14.2. The summed E-state index contributed by atoms with van der Waals surface area (Å²) in [5, 5.41) is 0. The van der Waals surface area contributed by atoms with Crippen LogP contribution in [0.1, 0.15) is 104 Å². The van der Waals surface area contributed by atoms with Gasteiger partial charge >= 0.3 is 0 Å². The zero-order valence-corrected chi connectivity index (χ0v) is 13.9. The lowest BCUT2D eigenvalue weighted by atomic mass is 10.00. The summed E-state index contributed by atoms with van der Waals surface area (Å²) in [4.78, 5) is 0. The number of hydrogen-bond donors (Lipinski definition) is 0. The second-order valence-electron chi connectivity index (χ2n) is 6.21. The second-order valence-corrected chi connectivity index (χ2v) is 6.21. The van der Waals surface area contributed by atoms with E-state index in [1.807, 2.05) is 0 Å². The SMILES string of the molecule is CCCCCCCCCCC=CCCC(C)CCC. The molecule has 0 aromatic carbocycles. The lowest BCUT2D eigenvalue weighted by Crippen LogP contribution is -1.91. The van der Waals surface area contributed by atoms with Gasteiger partial charge in [-0.15, -0.1) is 0 Å². The van der Waals surface area contributed by atoms with E-state index in [1.54, 1.807) is 0 Å². The first-order valence-electron chi connectivity index (χ1n) is 8.96. The van der Waals surface area contributed by atoms with E-state index in [1.165, 1.54) is 83.5 Å². The van der Waals surface area contributed by atoms with E-state index in [0.717, 1.165) is 5.92 Å². The Morgan fingerprint density at radius 1 is 0.632 bits per heavy atom. The first kappa shape index (κ1) is 18.7. The van der Waals surface area contributed by atoms with E-state index in [-0.39, 0.29) is 0 Å². The number of allylic oxidation sites excluding steroid dienone is 2. The van der Waals surface area contributed by atoms with Crippen molar-refractivity contribution in [2.24, 2.45) is 5.92 Å². The molecule has 0 bridgehead atoms. The van der Waals surface area contributed by atoms with Crippen molar-refractivity contribution in [1.82, 2.24) is 0 Å². The fourth-order valence-corrected chi connectivity index (χ4v) is 2.65. The predicted octanol–water partition coefficient (Wildman–Crippen LogP) is 7.29. The van der Waals surface area contributed by atoms with E-state index < -0.39 is 0 Å². The van der Waals surface area contributed by atoms with Gasteiger partial charge in [-0.05, 0) is 31.6 Å². The van der Waals surface area contributed by atoms with Gasteiger partial charge in [-0.2, -0.15) is 0 Å². The quantitative estimate of drug-likeness (QED) is 0.229. The average Bonchev–Trinajstić information content (AvgIpc) is 2.40. The van der Waals surface area contributed by atoms with Gasteiger partial charge in [0.05, 0.1) is 0 Å². The zero-order valence-electron chi connectivity index (χ0n) is 13.9. The Bertz CT molecular complexity index is 180. The Morgan fingerprint density at radius 2 is 1.21 bits per heavy atom. The molecule has 1 atom stereocenters. The molecule has 0 saturated heterocycles. The average molecular weight is 267 g/mol. The summed E-state index contributed by atoms with van der Waals surface area (Å²) >= 11 is 0. The van der Waals surface area contributed by atoms with Crippen molar-refractivity contribution in [3.8, 4) is 0 Å². The molecule has 0 heterocycles. The Kier molecular flexibility index (Phi) is 15.6. The molecule has 0 radical (unpaired) electrons. The van der Waals surface area contributed by atoms with Crippen LogP contribution in [0.3, 0.4) is 0 Å². The van der Waals surface area contributed by atoms with Gasteiger partial charge in [0, 0.05) is 0 Å². The summed E-state index contributed by atoms with van der Waals surface area (Å²) in [6, 6.07) is 0. The highest BCUT2D eigenvalue weighted by Crippen LogP contribution is 2.13. The summed E-state index contributed by atoms with van der Waals surface area (Å²) < 4.78 is 0. The summed E-state index contributed by atoms with van der Waals surface area (Å²) in [6.45, 7) is 6.96. The normalized spacial score (nSPS) is 13.2. The predicted molar refractivity (Wildman–Crippen MR) is 89.7 cm³/mol. The molecule has 0 amide bonds. The third-order valence-corrected chi connectivity index (χ3v) is 4.00. The third-order valence-electron chi connectivity index (χ3n) is 4.00. The van der Waals surface area contributed by atoms with Crippen molar-refractivity contribution >= 4 is 0 Å². The lowest BCUT2D eigenvalue weighted by molar-refractivity contribution is 0.490. The maximum atomic E-state index is 2.41. The largest absolute Gasteiger partial charge is 0.0885 e. The smallest absolute Gasteiger partial charge is 0.0348 e. The molecule has 1 unspecified atom stereocenters. The van der Waals surface area contributed by atoms with Crippen molar-refractivity contribution in [3.05, 3.63) is 12.2 Å². The first-order valence-corrected chi connectivity index (χ1v) is 8.96. The molecular weight excluding hydrogens is 228 g/mol. The highest BCUT2D eigenvalue weighted by atomic mass is 14.0. The van der Waals surface area contributed by atoms with Crippen LogP contribution in [0.2, 0.25) is 0 Å². The van der Waals surface area contributed by atoms with Gasteiger partial charge in [-0.1, -0.05) is 90.7 Å². The molecule has 0 spiro atoms. The van der Waals surface area contributed by atoms with E-state index in [4.69, 9.17) is 0 Å². The van der Waals surface area contributed by atoms with Gasteiger partial charge < -0.3 is 0 Å². The van der Waals surface area contributed by atoms with E-state index >= 15 is 0 Å². The first-order chi connectivity index (χ1) is 9.31. The second kappa shape index (κ2) is 15.8. The van der Waals surface area contributed by atoms with Crippen molar-refractivity contribution in [2.75, 3.05) is 0 Å². The van der Waals surface area contributed by atoms with Crippen LogP contribution in [0.15, 0.2) is 12.2 Å². The van der Waals surface area contributed by atoms with E-state index in [9.17, 15) is 0 Å². The molecule has 19 heavy (non-hydrogen) atoms. The fourth-order valence-electron chi connectivity index (χ4n) is 2.65. The number of rotatable bonds is 14. The molecule has 0 aliphatic rings. The minimum Gasteiger partial charge on any atom is -0.0885 e. The molecule has 0 aromatic heterocycles. The minimum absolute atomic E-state index is 0.915. The Hall–Kier alpha value is -0.260. The van der Waals surface area contributed by atoms with Crippen LogP contribution in [0, 0.1) is 5.92 Å². The topological polar surface area (TPSA) is 0 Å². The van der Waals surface area contributed by atoms with Gasteiger partial charge in [0.15, 0.2) is 0 Å². The van der Waals surface area contributed by atoms with Crippen LogP contribution < -0.4 is 0 Å². The molecule has 0 aliphatic carbocycles. The summed E-state index contributed by atoms with van der Waals surface area (Å²) in [6.07, 6.45) is 23.0. The van der Waals surface area contributed by atoms with Crippen LogP contribution in [-0.4, -0.2) is 0 Å². The van der Waals surface area contributed by atoms with Gasteiger partial charge in [-0.25, -0.2) is 0 Å². The maximum absolute atomic E-state index is 2.41. The molecule has 0 aromatic rings. The highest BCUT2D eigenvalue weighted by Gasteiger charge is 1.97. The molecule has 0 heteroatoms. The number of hydrogen-bond acceptors (Lipinski definition) is 0. The summed E-state index contributed by atoms with van der Waals surface area (Å²) in [5.74, 6) is 0.915. The molecule has 114 valence electrons. The molecule has 0 aliphatic heterocycles. The molecular formula is C19H38.